The van der Waals surface area contributed by atoms with Gasteiger partial charge in [0.05, 0.1) is 34.3 Å². The van der Waals surface area contributed by atoms with E-state index in [4.69, 9.17) is 18.9 Å². The lowest BCUT2D eigenvalue weighted by Crippen LogP contribution is -2.60. The molecule has 2 aliphatic carbocycles. The Morgan fingerprint density at radius 2 is 1.71 bits per heavy atom. The van der Waals surface area contributed by atoms with Crippen LogP contribution in [0, 0.1) is 21.4 Å². The van der Waals surface area contributed by atoms with Crippen molar-refractivity contribution >= 4 is 44.0 Å². The summed E-state index contributed by atoms with van der Waals surface area (Å²) in [6, 6.07) is 26.1. The second-order valence-electron chi connectivity index (χ2n) is 22.7. The van der Waals surface area contributed by atoms with Crippen molar-refractivity contribution in [1.82, 2.24) is 24.5 Å². The van der Waals surface area contributed by atoms with Crippen LogP contribution in [0.3, 0.4) is 0 Å². The summed E-state index contributed by atoms with van der Waals surface area (Å²) in [5.74, 6) is 2.26. The first-order valence-corrected chi connectivity index (χ1v) is 28.9. The van der Waals surface area contributed by atoms with E-state index in [9.17, 15) is 28.4 Å². The van der Waals surface area contributed by atoms with Gasteiger partial charge in [0.25, 0.3) is 21.6 Å². The van der Waals surface area contributed by atoms with Crippen LogP contribution < -0.4 is 33.9 Å². The number of carbonyl (C=O) groups is 1. The normalized spacial score (nSPS) is 21.8. The van der Waals surface area contributed by atoms with Crippen LogP contribution in [0.5, 0.6) is 28.7 Å². The van der Waals surface area contributed by atoms with E-state index in [0.717, 1.165) is 106 Å². The number of aliphatic hydroxyl groups is 1. The van der Waals surface area contributed by atoms with E-state index in [2.05, 4.69) is 78.9 Å². The molecule has 4 aromatic carbocycles. The summed E-state index contributed by atoms with van der Waals surface area (Å²) < 4.78 is 54.2. The third-order valence-corrected chi connectivity index (χ3v) is 18.4. The van der Waals surface area contributed by atoms with Crippen molar-refractivity contribution < 1.29 is 42.2 Å². The number of aromatic amines is 1. The fourth-order valence-corrected chi connectivity index (χ4v) is 13.6. The molecule has 11 rings (SSSR count). The summed E-state index contributed by atoms with van der Waals surface area (Å²) in [5, 5.41) is 26.5. The molecule has 3 aliphatic heterocycles. The number of piperazine rings is 1. The van der Waals surface area contributed by atoms with Gasteiger partial charge in [0, 0.05) is 92.9 Å². The van der Waals surface area contributed by atoms with E-state index >= 15 is 0 Å². The molecule has 78 heavy (non-hydrogen) atoms. The molecule has 4 N–H and O–H groups in total. The molecule has 19 heteroatoms. The number of anilines is 2. The Kier molecular flexibility index (Phi) is 14.8. The maximum Gasteiger partial charge on any atom is 0.293 e. The standard InChI is InChI=1S/C59H70N8O10S/c1-38(2)46-7-5-6-8-47(46)51-37-64(36-41-9-14-52(74-4)55-54(41)75-27-28-76-55)25-26-66(51)43-32-59(33-43)20-23-65(24-21-59)42-10-12-48(53(30-42)77-44-29-40-17-22-60-56(40)62-35-44)57(68)63-78(72,73)45-11-13-49(50(31-45)67(70)71)61-34-39-15-18-58(3,69)19-16-39/h5-14,17,22,29-31,35,38-39,43,51,61,69H,15-16,18-21,23-28,32-34,36-37H2,1-4H3,(H,60,62)(H,63,68)/t39-,51?,58-. The van der Waals surface area contributed by atoms with Crippen molar-refractivity contribution in [3.8, 4) is 28.7 Å². The van der Waals surface area contributed by atoms with Crippen LogP contribution >= 0.6 is 0 Å². The van der Waals surface area contributed by atoms with Crippen LogP contribution in [-0.4, -0.2) is 115 Å². The minimum absolute atomic E-state index is 0.0366. The van der Waals surface area contributed by atoms with Crippen LogP contribution in [0.15, 0.2) is 102 Å². The molecule has 1 spiro atoms. The molecule has 0 bridgehead atoms. The van der Waals surface area contributed by atoms with Crippen molar-refractivity contribution in [2.75, 3.05) is 69.8 Å². The largest absolute Gasteiger partial charge is 0.493 e. The SMILES string of the molecule is COc1ccc(CN2CCN(C3CC4(CCN(c5ccc(C(=O)NS(=O)(=O)c6ccc(NC[C@H]7CC[C@](C)(O)CC7)c([N+](=O)[O-])c6)c(Oc6cnc7[nH]ccc7c6)c5)CC4)C3)C(c3ccccc3C(C)C)C2)c2c1OCCO2. The number of H-pyrrole nitrogens is 1. The van der Waals surface area contributed by atoms with Crippen LogP contribution in [0.4, 0.5) is 17.1 Å². The van der Waals surface area contributed by atoms with E-state index in [1.807, 2.05) is 25.1 Å². The number of nitro benzene ring substituents is 1. The number of ether oxygens (including phenoxy) is 4. The number of amides is 1. The van der Waals surface area contributed by atoms with Gasteiger partial charge in [-0.1, -0.05) is 44.2 Å². The molecule has 5 heterocycles. The first-order valence-electron chi connectivity index (χ1n) is 27.4. The Labute approximate surface area is 455 Å². The van der Waals surface area contributed by atoms with Crippen molar-refractivity contribution in [3.63, 3.8) is 0 Å². The molecule has 1 atom stereocenters. The predicted molar refractivity (Wildman–Crippen MR) is 298 cm³/mol. The smallest absolute Gasteiger partial charge is 0.293 e. The molecule has 2 saturated carbocycles. The number of aromatic nitrogens is 2. The Hall–Kier alpha value is -6.93. The topological polar surface area (TPSA) is 214 Å². The maximum atomic E-state index is 14.2. The number of methoxy groups -OCH3 is 1. The maximum absolute atomic E-state index is 14.2. The fourth-order valence-electron chi connectivity index (χ4n) is 12.6. The van der Waals surface area contributed by atoms with Crippen molar-refractivity contribution in [1.29, 1.82) is 0 Å². The quantitative estimate of drug-likeness (QED) is 0.0524. The van der Waals surface area contributed by atoms with Gasteiger partial charge < -0.3 is 39.3 Å². The molecule has 0 radical (unpaired) electrons. The zero-order valence-corrected chi connectivity index (χ0v) is 45.7. The van der Waals surface area contributed by atoms with Crippen molar-refractivity contribution in [3.05, 3.63) is 130 Å². The number of sulfonamides is 1. The molecule has 1 unspecified atom stereocenters. The van der Waals surface area contributed by atoms with Crippen molar-refractivity contribution in [2.45, 2.75) is 107 Å². The number of nitro groups is 1. The van der Waals surface area contributed by atoms with Gasteiger partial charge in [0.2, 0.25) is 5.75 Å². The average molecular weight is 1080 g/mol. The molecule has 412 valence electrons. The number of carbonyl (C=O) groups excluding carboxylic acids is 1. The Bertz CT molecular complexity index is 3300. The number of nitrogens with one attached hydrogen (secondary N) is 3. The van der Waals surface area contributed by atoms with E-state index in [0.29, 0.717) is 67.5 Å². The Morgan fingerprint density at radius 1 is 0.936 bits per heavy atom. The van der Waals surface area contributed by atoms with Gasteiger partial charge in [0.1, 0.15) is 36.0 Å². The fraction of sp³-hybridized carbons (Fsp3) is 0.458. The van der Waals surface area contributed by atoms with Gasteiger partial charge in [-0.15, -0.1) is 0 Å². The number of hydrogen-bond donors (Lipinski definition) is 4. The highest BCUT2D eigenvalue weighted by Crippen LogP contribution is 2.54. The highest BCUT2D eigenvalue weighted by atomic mass is 32.2. The van der Waals surface area contributed by atoms with E-state index in [1.165, 1.54) is 29.5 Å². The second-order valence-corrected chi connectivity index (χ2v) is 24.3. The number of benzene rings is 4. The lowest BCUT2D eigenvalue weighted by Gasteiger charge is -2.58. The van der Waals surface area contributed by atoms with Crippen LogP contribution in [0.2, 0.25) is 0 Å². The number of fused-ring (bicyclic) bond motifs is 2. The molecule has 5 aliphatic rings. The molecule has 18 nitrogen and oxygen atoms in total. The number of piperidine rings is 1. The third kappa shape index (κ3) is 11.1. The molecule has 1 amide bonds. The summed E-state index contributed by atoms with van der Waals surface area (Å²) in [7, 11) is -2.94. The molecular weight excluding hydrogens is 1010 g/mol. The van der Waals surface area contributed by atoms with Gasteiger partial charge in [0.15, 0.2) is 11.5 Å². The molecular formula is C59H70N8O10S. The summed E-state index contributed by atoms with van der Waals surface area (Å²) in [5.41, 5.74) is 4.56. The van der Waals surface area contributed by atoms with Crippen LogP contribution in [-0.2, 0) is 16.6 Å². The summed E-state index contributed by atoms with van der Waals surface area (Å²) in [6.07, 6.45) is 10.3. The monoisotopic (exact) mass is 1080 g/mol. The number of nitrogens with zero attached hydrogens (tertiary/aromatic N) is 5. The summed E-state index contributed by atoms with van der Waals surface area (Å²) in [6.45, 7) is 12.9. The zero-order chi connectivity index (χ0) is 54.3. The predicted octanol–water partition coefficient (Wildman–Crippen LogP) is 9.95. The summed E-state index contributed by atoms with van der Waals surface area (Å²) >= 11 is 0. The lowest BCUT2D eigenvalue weighted by molar-refractivity contribution is -0.384. The first kappa shape index (κ1) is 53.1. The summed E-state index contributed by atoms with van der Waals surface area (Å²) in [4.78, 5) is 40.5. The third-order valence-electron chi connectivity index (χ3n) is 17.1. The minimum Gasteiger partial charge on any atom is -0.493 e. The van der Waals surface area contributed by atoms with E-state index in [-0.39, 0.29) is 34.4 Å². The van der Waals surface area contributed by atoms with Crippen LogP contribution in [0.25, 0.3) is 11.0 Å². The van der Waals surface area contributed by atoms with Gasteiger partial charge in [-0.3, -0.25) is 24.7 Å². The highest BCUT2D eigenvalue weighted by molar-refractivity contribution is 7.90. The van der Waals surface area contributed by atoms with Crippen molar-refractivity contribution in [2.24, 2.45) is 11.3 Å². The number of hydrogen-bond acceptors (Lipinski definition) is 15. The highest BCUT2D eigenvalue weighted by Gasteiger charge is 2.50. The van der Waals surface area contributed by atoms with Gasteiger partial charge in [-0.05, 0) is 129 Å². The molecule has 6 aromatic rings. The van der Waals surface area contributed by atoms with Gasteiger partial charge in [-0.2, -0.15) is 0 Å². The Balaban J connectivity index is 0.781. The minimum atomic E-state index is -4.60. The van der Waals surface area contributed by atoms with E-state index in [1.54, 1.807) is 31.5 Å². The first-order chi connectivity index (χ1) is 37.5. The average Bonchev–Trinajstić information content (AvgIpc) is 4.06. The lowest BCUT2D eigenvalue weighted by atomic mass is 9.59. The zero-order valence-electron chi connectivity index (χ0n) is 44.8. The molecule has 4 fully saturated rings. The number of rotatable bonds is 16. The molecule has 2 aromatic heterocycles. The van der Waals surface area contributed by atoms with Gasteiger partial charge in [-0.25, -0.2) is 18.1 Å². The van der Waals surface area contributed by atoms with Gasteiger partial charge >= 0.3 is 0 Å². The van der Waals surface area contributed by atoms with E-state index < -0.39 is 37.0 Å². The number of pyridine rings is 1. The second kappa shape index (κ2) is 21.7. The Morgan fingerprint density at radius 3 is 2.46 bits per heavy atom. The van der Waals surface area contributed by atoms with Crippen LogP contribution in [0.1, 0.15) is 111 Å². The molecule has 2 saturated heterocycles.